The summed E-state index contributed by atoms with van der Waals surface area (Å²) in [5, 5.41) is 3.69. The van der Waals surface area contributed by atoms with Crippen molar-refractivity contribution in [1.29, 1.82) is 0 Å². The normalized spacial score (nSPS) is 46.6. The molecule has 0 aromatic heterocycles. The Labute approximate surface area is 87.1 Å². The van der Waals surface area contributed by atoms with Crippen LogP contribution in [0.4, 0.5) is 0 Å². The van der Waals surface area contributed by atoms with E-state index >= 15 is 0 Å². The summed E-state index contributed by atoms with van der Waals surface area (Å²) in [5.74, 6) is 0.902. The Morgan fingerprint density at radius 1 is 1.31 bits per heavy atom. The Balaban J connectivity index is 2.03. The van der Waals surface area contributed by atoms with Gasteiger partial charge in [0.05, 0.1) is 0 Å². The van der Waals surface area contributed by atoms with Gasteiger partial charge in [0.2, 0.25) is 0 Å². The molecule has 0 radical (unpaired) electrons. The molecule has 1 heterocycles. The van der Waals surface area contributed by atoms with Crippen molar-refractivity contribution in [3.63, 3.8) is 0 Å². The average Bonchev–Trinajstić information content (AvgIpc) is 2.21. The molecule has 0 bridgehead atoms. The van der Waals surface area contributed by atoms with E-state index in [1.165, 1.54) is 45.1 Å². The lowest BCUT2D eigenvalue weighted by Crippen LogP contribution is -2.37. The zero-order valence-electron chi connectivity index (χ0n) is 8.55. The molecule has 2 fully saturated rings. The van der Waals surface area contributed by atoms with Crippen LogP contribution in [0.3, 0.4) is 0 Å². The van der Waals surface area contributed by atoms with Crippen molar-refractivity contribution in [2.45, 2.75) is 56.2 Å². The molecule has 1 N–H and O–H groups in total. The quantitative estimate of drug-likeness (QED) is 0.572. The van der Waals surface area contributed by atoms with Crippen molar-refractivity contribution in [2.24, 2.45) is 5.92 Å². The van der Waals surface area contributed by atoms with E-state index in [1.54, 1.807) is 0 Å². The fraction of sp³-hybridized carbons (Fsp3) is 1.00. The minimum Gasteiger partial charge on any atom is -0.314 e. The molecule has 1 nitrogen and oxygen atoms in total. The lowest BCUT2D eigenvalue weighted by molar-refractivity contribution is 0.260. The van der Waals surface area contributed by atoms with Gasteiger partial charge in [0.25, 0.3) is 0 Å². The summed E-state index contributed by atoms with van der Waals surface area (Å²) < 4.78 is 0.282. The summed E-state index contributed by atoms with van der Waals surface area (Å²) in [5.41, 5.74) is 0. The van der Waals surface area contributed by atoms with Crippen molar-refractivity contribution < 1.29 is 0 Å². The van der Waals surface area contributed by atoms with Crippen LogP contribution in [-0.4, -0.2) is 17.3 Å². The highest BCUT2D eigenvalue weighted by atomic mass is 32.1. The number of rotatable bonds is 0. The Morgan fingerprint density at radius 3 is 2.92 bits per heavy atom. The second kappa shape index (κ2) is 3.82. The number of hydrogen-bond donors (Lipinski definition) is 2. The van der Waals surface area contributed by atoms with Gasteiger partial charge in [0, 0.05) is 10.8 Å². The van der Waals surface area contributed by atoms with Gasteiger partial charge in [-0.1, -0.05) is 19.8 Å². The second-order valence-electron chi connectivity index (χ2n) is 5.06. The van der Waals surface area contributed by atoms with Gasteiger partial charge in [0.1, 0.15) is 0 Å². The van der Waals surface area contributed by atoms with Crippen LogP contribution >= 0.6 is 12.6 Å². The number of thiol groups is 1. The minimum atomic E-state index is 0.282. The van der Waals surface area contributed by atoms with Gasteiger partial charge in [-0.15, -0.1) is 0 Å². The van der Waals surface area contributed by atoms with E-state index in [4.69, 9.17) is 12.6 Å². The molecule has 0 spiro atoms. The summed E-state index contributed by atoms with van der Waals surface area (Å²) in [6, 6.07) is 0.808. The van der Waals surface area contributed by atoms with Crippen LogP contribution in [-0.2, 0) is 0 Å². The lowest BCUT2D eigenvalue weighted by atomic mass is 9.80. The zero-order chi connectivity index (χ0) is 9.31. The molecule has 2 aliphatic rings. The largest absolute Gasteiger partial charge is 0.314 e. The highest BCUT2D eigenvalue weighted by Crippen LogP contribution is 2.37. The zero-order valence-corrected chi connectivity index (χ0v) is 9.45. The molecule has 3 atom stereocenters. The average molecular weight is 199 g/mol. The molecule has 76 valence electrons. The molecule has 1 aliphatic heterocycles. The second-order valence-corrected chi connectivity index (χ2v) is 6.14. The first-order valence-corrected chi connectivity index (χ1v) is 6.08. The first kappa shape index (κ1) is 9.85. The molecule has 0 aromatic rings. The van der Waals surface area contributed by atoms with Gasteiger partial charge >= 0.3 is 0 Å². The van der Waals surface area contributed by atoms with Crippen LogP contribution in [0.15, 0.2) is 0 Å². The van der Waals surface area contributed by atoms with Gasteiger partial charge in [-0.05, 0) is 38.1 Å². The van der Waals surface area contributed by atoms with E-state index in [0.717, 1.165) is 12.0 Å². The van der Waals surface area contributed by atoms with Crippen molar-refractivity contribution in [2.75, 3.05) is 6.54 Å². The minimum absolute atomic E-state index is 0.282. The van der Waals surface area contributed by atoms with E-state index in [2.05, 4.69) is 12.2 Å². The Kier molecular flexibility index (Phi) is 2.89. The first-order chi connectivity index (χ1) is 6.17. The third kappa shape index (κ3) is 2.41. The maximum absolute atomic E-state index is 4.76. The van der Waals surface area contributed by atoms with E-state index in [1.807, 2.05) is 0 Å². The molecule has 1 aliphatic carbocycles. The summed E-state index contributed by atoms with van der Waals surface area (Å²) in [6.45, 7) is 3.47. The van der Waals surface area contributed by atoms with Crippen LogP contribution in [0.5, 0.6) is 0 Å². The Morgan fingerprint density at radius 2 is 2.08 bits per heavy atom. The van der Waals surface area contributed by atoms with Gasteiger partial charge in [-0.2, -0.15) is 12.6 Å². The first-order valence-electron chi connectivity index (χ1n) is 5.63. The van der Waals surface area contributed by atoms with Crippen molar-refractivity contribution >= 4 is 12.6 Å². The maximum atomic E-state index is 4.76. The molecule has 2 rings (SSSR count). The molecular weight excluding hydrogens is 178 g/mol. The summed E-state index contributed by atoms with van der Waals surface area (Å²) in [4.78, 5) is 0. The Bertz CT molecular complexity index is 179. The standard InChI is InChI=1S/C11H21NS/c1-11(13)6-7-12-10-5-3-2-4-9(10)8-11/h9-10,12-13H,2-8H2,1H3. The SMILES string of the molecule is CC1(S)CCNC2CCCCC2C1. The predicted molar refractivity (Wildman–Crippen MR) is 60.4 cm³/mol. The van der Waals surface area contributed by atoms with Crippen molar-refractivity contribution in [1.82, 2.24) is 5.32 Å². The topological polar surface area (TPSA) is 12.0 Å². The lowest BCUT2D eigenvalue weighted by Gasteiger charge is -2.33. The summed E-state index contributed by atoms with van der Waals surface area (Å²) in [6.07, 6.45) is 8.23. The van der Waals surface area contributed by atoms with Gasteiger partial charge in [-0.3, -0.25) is 0 Å². The van der Waals surface area contributed by atoms with E-state index in [0.29, 0.717) is 0 Å². The summed E-state index contributed by atoms with van der Waals surface area (Å²) >= 11 is 4.76. The van der Waals surface area contributed by atoms with Crippen LogP contribution in [0.25, 0.3) is 0 Å². The fourth-order valence-corrected chi connectivity index (χ4v) is 3.26. The predicted octanol–water partition coefficient (Wildman–Crippen LogP) is 2.62. The smallest absolute Gasteiger partial charge is 0.0117 e. The number of hydrogen-bond acceptors (Lipinski definition) is 2. The molecule has 1 saturated heterocycles. The highest BCUT2D eigenvalue weighted by molar-refractivity contribution is 7.81. The van der Waals surface area contributed by atoms with Crippen LogP contribution in [0, 0.1) is 5.92 Å². The number of nitrogens with one attached hydrogen (secondary N) is 1. The molecule has 3 unspecified atom stereocenters. The maximum Gasteiger partial charge on any atom is 0.0117 e. The molecule has 0 amide bonds. The van der Waals surface area contributed by atoms with Crippen LogP contribution in [0.1, 0.15) is 45.4 Å². The van der Waals surface area contributed by atoms with Gasteiger partial charge < -0.3 is 5.32 Å². The van der Waals surface area contributed by atoms with Gasteiger partial charge in [-0.25, -0.2) is 0 Å². The van der Waals surface area contributed by atoms with Crippen molar-refractivity contribution in [3.05, 3.63) is 0 Å². The Hall–Kier alpha value is 0.310. The summed E-state index contributed by atoms with van der Waals surface area (Å²) in [7, 11) is 0. The molecular formula is C11H21NS. The molecule has 0 aromatic carbocycles. The van der Waals surface area contributed by atoms with Crippen LogP contribution < -0.4 is 5.32 Å². The fourth-order valence-electron chi connectivity index (χ4n) is 2.91. The van der Waals surface area contributed by atoms with Crippen LogP contribution in [0.2, 0.25) is 0 Å². The third-order valence-corrected chi connectivity index (χ3v) is 4.09. The monoisotopic (exact) mass is 199 g/mol. The third-order valence-electron chi connectivity index (χ3n) is 3.68. The van der Waals surface area contributed by atoms with E-state index in [-0.39, 0.29) is 4.75 Å². The molecule has 1 saturated carbocycles. The number of fused-ring (bicyclic) bond motifs is 1. The van der Waals surface area contributed by atoms with E-state index < -0.39 is 0 Å². The highest BCUT2D eigenvalue weighted by Gasteiger charge is 2.33. The van der Waals surface area contributed by atoms with Crippen molar-refractivity contribution in [3.8, 4) is 0 Å². The van der Waals surface area contributed by atoms with E-state index in [9.17, 15) is 0 Å². The van der Waals surface area contributed by atoms with Gasteiger partial charge in [0.15, 0.2) is 0 Å². The molecule has 2 heteroatoms. The molecule has 13 heavy (non-hydrogen) atoms.